The first-order valence-corrected chi connectivity index (χ1v) is 16.5. The topological polar surface area (TPSA) is 127 Å². The summed E-state index contributed by atoms with van der Waals surface area (Å²) in [5.41, 5.74) is 6.16. The highest BCUT2D eigenvalue weighted by Crippen LogP contribution is 2.41. The summed E-state index contributed by atoms with van der Waals surface area (Å²) in [6.07, 6.45) is 0. The fourth-order valence-corrected chi connectivity index (χ4v) is 7.31. The highest BCUT2D eigenvalue weighted by Gasteiger charge is 2.26. The molecule has 0 amide bonds. The first-order chi connectivity index (χ1) is 21.5. The lowest BCUT2D eigenvalue weighted by Crippen LogP contribution is -2.10. The smallest absolute Gasteiger partial charge is 0.338 e. The van der Waals surface area contributed by atoms with Crippen LogP contribution in [0.15, 0.2) is 66.4 Å². The van der Waals surface area contributed by atoms with Gasteiger partial charge in [-0.1, -0.05) is 44.0 Å². The van der Waals surface area contributed by atoms with Gasteiger partial charge in [0.2, 0.25) is 0 Å². The highest BCUT2D eigenvalue weighted by molar-refractivity contribution is 9.13. The Morgan fingerprint density at radius 3 is 1.41 bits per heavy atom. The quantitative estimate of drug-likeness (QED) is 0.183. The largest absolute Gasteiger partial charge is 0.478 e. The van der Waals surface area contributed by atoms with Gasteiger partial charge in [-0.15, -0.1) is 0 Å². The third-order valence-corrected chi connectivity index (χ3v) is 9.94. The number of hydrogen-bond donors (Lipinski definition) is 2. The first kappa shape index (κ1) is 37.1. The minimum atomic E-state index is -1.12. The maximum absolute atomic E-state index is 12.3. The molecule has 4 rings (SSSR count). The van der Waals surface area contributed by atoms with Crippen LogP contribution in [0.1, 0.15) is 63.7 Å². The number of esters is 2. The summed E-state index contributed by atoms with van der Waals surface area (Å²) >= 11 is 13.4. The van der Waals surface area contributed by atoms with E-state index < -0.39 is 23.9 Å². The Hall–Kier alpha value is -3.32. The second-order valence-electron chi connectivity index (χ2n) is 10.1. The number of halogens is 4. The van der Waals surface area contributed by atoms with Crippen LogP contribution in [0.25, 0.3) is 22.3 Å². The number of methoxy groups -OCH3 is 2. The number of carboxylic acids is 2. The molecule has 0 fully saturated rings. The van der Waals surface area contributed by atoms with Crippen molar-refractivity contribution in [2.24, 2.45) is 0 Å². The van der Waals surface area contributed by atoms with E-state index in [-0.39, 0.29) is 11.1 Å². The molecule has 0 unspecified atom stereocenters. The Kier molecular flexibility index (Phi) is 12.5. The van der Waals surface area contributed by atoms with Crippen LogP contribution < -0.4 is 0 Å². The molecule has 0 aromatic heterocycles. The Bertz CT molecular complexity index is 1830. The minimum absolute atomic E-state index is 0.0451. The number of benzene rings is 4. The molecule has 0 aliphatic heterocycles. The number of ether oxygens (including phenoxy) is 2. The van der Waals surface area contributed by atoms with E-state index >= 15 is 0 Å². The summed E-state index contributed by atoms with van der Waals surface area (Å²) in [6.45, 7) is 7.30. The molecule has 8 nitrogen and oxygen atoms in total. The second kappa shape index (κ2) is 15.5. The fraction of sp³-hybridized carbons (Fsp3) is 0.176. The lowest BCUT2D eigenvalue weighted by molar-refractivity contribution is 0.0590. The number of carbonyl (C=O) groups is 4. The molecule has 4 aromatic carbocycles. The molecule has 0 spiro atoms. The normalized spacial score (nSPS) is 10.5. The molecule has 0 saturated carbocycles. The van der Waals surface area contributed by atoms with Crippen molar-refractivity contribution in [3.63, 3.8) is 0 Å². The van der Waals surface area contributed by atoms with Gasteiger partial charge >= 0.3 is 23.9 Å². The van der Waals surface area contributed by atoms with Gasteiger partial charge in [-0.3, -0.25) is 0 Å². The van der Waals surface area contributed by atoms with Gasteiger partial charge in [0.25, 0.3) is 0 Å². The van der Waals surface area contributed by atoms with Crippen LogP contribution in [0.3, 0.4) is 0 Å². The van der Waals surface area contributed by atoms with Gasteiger partial charge in [-0.25, -0.2) is 19.2 Å². The zero-order chi connectivity index (χ0) is 34.6. The number of aryl methyl sites for hydroxylation is 4. The van der Waals surface area contributed by atoms with Gasteiger partial charge in [0.1, 0.15) is 0 Å². The Labute approximate surface area is 299 Å². The van der Waals surface area contributed by atoms with Gasteiger partial charge in [0.15, 0.2) is 0 Å². The summed E-state index contributed by atoms with van der Waals surface area (Å²) in [5, 5.41) is 19.0. The average Bonchev–Trinajstić information content (AvgIpc) is 2.98. The Morgan fingerprint density at radius 2 is 1.00 bits per heavy atom. The molecule has 2 N–H and O–H groups in total. The summed E-state index contributed by atoms with van der Waals surface area (Å²) in [6, 6.07) is 13.8. The molecular formula is C34H28Br4O8. The molecule has 0 atom stereocenters. The summed E-state index contributed by atoms with van der Waals surface area (Å²) in [7, 11) is 2.66. The Balaban J connectivity index is 0.000000251. The third-order valence-electron chi connectivity index (χ3n) is 7.05. The van der Waals surface area contributed by atoms with Crippen molar-refractivity contribution in [3.05, 3.63) is 111 Å². The van der Waals surface area contributed by atoms with E-state index in [0.29, 0.717) is 53.5 Å². The number of aromatic carboxylic acids is 2. The van der Waals surface area contributed by atoms with Crippen molar-refractivity contribution in [2.75, 3.05) is 14.2 Å². The monoisotopic (exact) mass is 880 g/mol. The molecule has 0 aliphatic rings. The van der Waals surface area contributed by atoms with E-state index in [4.69, 9.17) is 9.47 Å². The van der Waals surface area contributed by atoms with Gasteiger partial charge < -0.3 is 19.7 Å². The molecule has 0 bridgehead atoms. The lowest BCUT2D eigenvalue weighted by atomic mass is 9.88. The molecule has 12 heteroatoms. The zero-order valence-corrected chi connectivity index (χ0v) is 31.8. The van der Waals surface area contributed by atoms with Crippen LogP contribution in [-0.2, 0) is 9.47 Å². The molecule has 0 radical (unpaired) electrons. The number of carboxylic acid groups (broad SMARTS) is 2. The van der Waals surface area contributed by atoms with Gasteiger partial charge in [0, 0.05) is 40.1 Å². The fourth-order valence-electron chi connectivity index (χ4n) is 5.14. The van der Waals surface area contributed by atoms with Crippen LogP contribution in [0.5, 0.6) is 0 Å². The van der Waals surface area contributed by atoms with Crippen LogP contribution >= 0.6 is 63.7 Å². The van der Waals surface area contributed by atoms with Crippen molar-refractivity contribution >= 4 is 87.6 Å². The molecule has 4 aromatic rings. The lowest BCUT2D eigenvalue weighted by Gasteiger charge is -2.18. The predicted molar refractivity (Wildman–Crippen MR) is 190 cm³/mol. The highest BCUT2D eigenvalue weighted by atomic mass is 79.9. The van der Waals surface area contributed by atoms with Crippen LogP contribution in [0.4, 0.5) is 0 Å². The van der Waals surface area contributed by atoms with Crippen LogP contribution in [0, 0.1) is 27.7 Å². The van der Waals surface area contributed by atoms with Crippen molar-refractivity contribution in [1.82, 2.24) is 0 Å². The molecule has 46 heavy (non-hydrogen) atoms. The van der Waals surface area contributed by atoms with E-state index in [1.54, 1.807) is 44.2 Å². The molecular weight excluding hydrogens is 856 g/mol. The predicted octanol–water partition coefficient (Wildman–Crippen LogP) is 9.96. The number of carbonyl (C=O) groups excluding carboxylic acids is 2. The first-order valence-electron chi connectivity index (χ1n) is 13.4. The summed E-state index contributed by atoms with van der Waals surface area (Å²) in [5.74, 6) is -3.14. The SMILES string of the molecule is COC(=O)c1cc(Br)cc(C)c1-c1c(C)cc(Br)cc1C(=O)OC.Cc1cccc(C(=O)O)c1-c1c(C)cc(Br)c(Br)c1C(=O)O. The van der Waals surface area contributed by atoms with E-state index in [2.05, 4.69) is 63.7 Å². The average molecular weight is 884 g/mol. The molecule has 0 heterocycles. The summed E-state index contributed by atoms with van der Waals surface area (Å²) < 4.78 is 12.3. The molecule has 0 saturated heterocycles. The van der Waals surface area contributed by atoms with Crippen LogP contribution in [-0.4, -0.2) is 48.3 Å². The van der Waals surface area contributed by atoms with Crippen LogP contribution in [0.2, 0.25) is 0 Å². The Morgan fingerprint density at radius 1 is 0.565 bits per heavy atom. The van der Waals surface area contributed by atoms with Gasteiger partial charge in [0.05, 0.1) is 36.5 Å². The number of rotatable bonds is 6. The maximum Gasteiger partial charge on any atom is 0.338 e. The van der Waals surface area contributed by atoms with Gasteiger partial charge in [-0.05, 0) is 118 Å². The second-order valence-corrected chi connectivity index (χ2v) is 13.6. The summed E-state index contributed by atoms with van der Waals surface area (Å²) in [4.78, 5) is 47.8. The number of hydrogen-bond acceptors (Lipinski definition) is 6. The molecule has 240 valence electrons. The van der Waals surface area contributed by atoms with Crippen molar-refractivity contribution in [3.8, 4) is 22.3 Å². The van der Waals surface area contributed by atoms with Crippen molar-refractivity contribution < 1.29 is 38.9 Å². The molecule has 0 aliphatic carbocycles. The zero-order valence-electron chi connectivity index (χ0n) is 25.5. The minimum Gasteiger partial charge on any atom is -0.478 e. The van der Waals surface area contributed by atoms with E-state index in [1.165, 1.54) is 20.3 Å². The van der Waals surface area contributed by atoms with Crippen molar-refractivity contribution in [2.45, 2.75) is 27.7 Å². The third kappa shape index (κ3) is 7.79. The van der Waals surface area contributed by atoms with E-state index in [9.17, 15) is 29.4 Å². The maximum atomic E-state index is 12.3. The van der Waals surface area contributed by atoms with E-state index in [1.807, 2.05) is 26.0 Å². The standard InChI is InChI=1S/C18H16Br2O4.C16H12Br2O4/c1-9-5-11(19)7-13(17(21)23-3)15(9)16-10(2)6-12(20)8-14(16)18(22)24-4;1-7-4-3-5-9(15(19)20)11(7)12-8(2)6-10(17)14(18)13(12)16(21)22/h5-8H,1-4H3;3-6H,1-2H3,(H,19,20)(H,21,22). The van der Waals surface area contributed by atoms with Gasteiger partial charge in [-0.2, -0.15) is 0 Å². The van der Waals surface area contributed by atoms with Crippen molar-refractivity contribution in [1.29, 1.82) is 0 Å². The van der Waals surface area contributed by atoms with E-state index in [0.717, 1.165) is 20.1 Å².